The van der Waals surface area contributed by atoms with E-state index in [0.29, 0.717) is 5.69 Å². The van der Waals surface area contributed by atoms with E-state index in [-0.39, 0.29) is 23.5 Å². The number of ether oxygens (including phenoxy) is 1. The zero-order valence-corrected chi connectivity index (χ0v) is 14.5. The molecule has 0 aromatic heterocycles. The van der Waals surface area contributed by atoms with Crippen LogP contribution in [0.5, 0.6) is 0 Å². The molecule has 1 unspecified atom stereocenters. The lowest BCUT2D eigenvalue weighted by atomic mass is 9.61. The van der Waals surface area contributed by atoms with Crippen molar-refractivity contribution in [1.29, 1.82) is 0 Å². The van der Waals surface area contributed by atoms with Gasteiger partial charge in [-0.05, 0) is 43.2 Å². The number of methoxy groups -OCH3 is 1. The highest BCUT2D eigenvalue weighted by atomic mass is 16.5. The number of carbonyl (C=O) groups excluding carboxylic acids is 2. The molecule has 1 saturated carbocycles. The standard InChI is InChI=1S/C19H21N3O3/c1-20-13-5-4-12-11-18(8-6-14(25-3)7-9-18)19(15(12)10-13)16(23)22(2)17(24)21-19/h4-5,10,14H,6-9,11H2,2-3H3,(H,21,24). The molecule has 1 aromatic carbocycles. The van der Waals surface area contributed by atoms with Gasteiger partial charge in [0.2, 0.25) is 0 Å². The van der Waals surface area contributed by atoms with E-state index in [1.807, 2.05) is 6.07 Å². The van der Waals surface area contributed by atoms with Crippen molar-refractivity contribution in [3.8, 4) is 0 Å². The zero-order valence-electron chi connectivity index (χ0n) is 14.5. The smallest absolute Gasteiger partial charge is 0.325 e. The van der Waals surface area contributed by atoms with Crippen LogP contribution in [0.1, 0.15) is 36.8 Å². The maximum Gasteiger partial charge on any atom is 0.325 e. The van der Waals surface area contributed by atoms with Gasteiger partial charge in [0.15, 0.2) is 11.2 Å². The third-order valence-corrected chi connectivity index (χ3v) is 6.40. The summed E-state index contributed by atoms with van der Waals surface area (Å²) in [5.74, 6) is -0.200. The highest BCUT2D eigenvalue weighted by Crippen LogP contribution is 2.60. The van der Waals surface area contributed by atoms with Crippen molar-refractivity contribution in [3.63, 3.8) is 0 Å². The van der Waals surface area contributed by atoms with Crippen molar-refractivity contribution in [3.05, 3.63) is 40.7 Å². The third-order valence-electron chi connectivity index (χ3n) is 6.40. The molecule has 3 amide bonds. The predicted molar refractivity (Wildman–Crippen MR) is 91.1 cm³/mol. The number of carbonyl (C=O) groups is 2. The Morgan fingerprint density at radius 1 is 1.32 bits per heavy atom. The van der Waals surface area contributed by atoms with Gasteiger partial charge in [-0.15, -0.1) is 0 Å². The van der Waals surface area contributed by atoms with Crippen LogP contribution in [-0.4, -0.2) is 37.1 Å². The molecular weight excluding hydrogens is 318 g/mol. The summed E-state index contributed by atoms with van der Waals surface area (Å²) in [6.45, 7) is 7.31. The zero-order chi connectivity index (χ0) is 17.8. The van der Waals surface area contributed by atoms with Gasteiger partial charge in [-0.2, -0.15) is 0 Å². The molecule has 25 heavy (non-hydrogen) atoms. The number of fused-ring (bicyclic) bond motifs is 3. The number of benzene rings is 1. The van der Waals surface area contributed by atoms with Gasteiger partial charge in [0, 0.05) is 19.6 Å². The highest BCUT2D eigenvalue weighted by Gasteiger charge is 2.67. The molecular formula is C19H21N3O3. The SMILES string of the molecule is [C-]#[N+]c1ccc2c(c1)C1(NC(=O)N(C)C1=O)C1(CCC(OC)CC1)C2. The lowest BCUT2D eigenvalue weighted by molar-refractivity contribution is -0.137. The normalized spacial score (nSPS) is 33.6. The molecule has 3 aliphatic rings. The van der Waals surface area contributed by atoms with Crippen molar-refractivity contribution in [2.45, 2.75) is 43.7 Å². The van der Waals surface area contributed by atoms with E-state index in [1.54, 1.807) is 19.2 Å². The Labute approximate surface area is 147 Å². The fourth-order valence-electron chi connectivity index (χ4n) is 5.03. The Morgan fingerprint density at radius 3 is 2.60 bits per heavy atom. The van der Waals surface area contributed by atoms with E-state index >= 15 is 0 Å². The molecule has 1 atom stereocenters. The van der Waals surface area contributed by atoms with Crippen molar-refractivity contribution in [2.24, 2.45) is 5.41 Å². The molecule has 1 heterocycles. The van der Waals surface area contributed by atoms with Crippen LogP contribution in [0.3, 0.4) is 0 Å². The van der Waals surface area contributed by atoms with Gasteiger partial charge < -0.3 is 10.1 Å². The first-order valence-electron chi connectivity index (χ1n) is 8.61. The lowest BCUT2D eigenvalue weighted by Gasteiger charge is -2.46. The summed E-state index contributed by atoms with van der Waals surface area (Å²) in [7, 11) is 3.25. The maximum absolute atomic E-state index is 13.3. The fraction of sp³-hybridized carbons (Fsp3) is 0.526. The van der Waals surface area contributed by atoms with E-state index in [4.69, 9.17) is 11.3 Å². The summed E-state index contributed by atoms with van der Waals surface area (Å²) in [6, 6.07) is 5.17. The maximum atomic E-state index is 13.3. The third kappa shape index (κ3) is 1.93. The second kappa shape index (κ2) is 5.30. The molecule has 2 spiro atoms. The number of hydrogen-bond acceptors (Lipinski definition) is 3. The first-order valence-corrected chi connectivity index (χ1v) is 8.61. The number of urea groups is 1. The second-order valence-electron chi connectivity index (χ2n) is 7.39. The topological polar surface area (TPSA) is 63.0 Å². The Kier molecular flexibility index (Phi) is 3.41. The average Bonchev–Trinajstić information content (AvgIpc) is 3.03. The largest absolute Gasteiger partial charge is 0.381 e. The molecule has 0 bridgehead atoms. The van der Waals surface area contributed by atoms with Crippen LogP contribution in [0, 0.1) is 12.0 Å². The predicted octanol–water partition coefficient (Wildman–Crippen LogP) is 2.75. The minimum atomic E-state index is -1.05. The number of nitrogens with one attached hydrogen (secondary N) is 1. The Bertz CT molecular complexity index is 805. The molecule has 6 nitrogen and oxygen atoms in total. The highest BCUT2D eigenvalue weighted by molar-refractivity contribution is 6.08. The quantitative estimate of drug-likeness (QED) is 0.632. The van der Waals surface area contributed by atoms with Gasteiger partial charge in [0.05, 0.1) is 12.7 Å². The Hall–Kier alpha value is -2.39. The molecule has 1 aliphatic heterocycles. The second-order valence-corrected chi connectivity index (χ2v) is 7.39. The first kappa shape index (κ1) is 16.1. The van der Waals surface area contributed by atoms with Crippen molar-refractivity contribution in [1.82, 2.24) is 10.2 Å². The molecule has 130 valence electrons. The Morgan fingerprint density at radius 2 is 2.04 bits per heavy atom. The van der Waals surface area contributed by atoms with E-state index in [0.717, 1.165) is 43.2 Å². The number of amides is 3. The van der Waals surface area contributed by atoms with Gasteiger partial charge in [-0.25, -0.2) is 9.64 Å². The number of imide groups is 1. The number of nitrogens with zero attached hydrogens (tertiary/aromatic N) is 2. The number of likely N-dealkylation sites (N-methyl/N-ethyl adjacent to an activating group) is 1. The summed E-state index contributed by atoms with van der Waals surface area (Å²) in [5.41, 5.74) is 0.972. The molecule has 4 rings (SSSR count). The van der Waals surface area contributed by atoms with Gasteiger partial charge in [-0.1, -0.05) is 18.2 Å². The molecule has 0 radical (unpaired) electrons. The number of rotatable bonds is 1. The summed E-state index contributed by atoms with van der Waals surface area (Å²) < 4.78 is 5.51. The van der Waals surface area contributed by atoms with Crippen LogP contribution in [0.25, 0.3) is 4.85 Å². The van der Waals surface area contributed by atoms with Crippen LogP contribution < -0.4 is 5.32 Å². The monoisotopic (exact) mass is 339 g/mol. The molecule has 1 saturated heterocycles. The molecule has 1 N–H and O–H groups in total. The van der Waals surface area contributed by atoms with E-state index in [1.165, 1.54) is 11.9 Å². The van der Waals surface area contributed by atoms with Gasteiger partial charge >= 0.3 is 6.03 Å². The lowest BCUT2D eigenvalue weighted by Crippen LogP contribution is -2.56. The number of hydrogen-bond donors (Lipinski definition) is 1. The molecule has 6 heteroatoms. The average molecular weight is 339 g/mol. The summed E-state index contributed by atoms with van der Waals surface area (Å²) in [5, 5.41) is 3.02. The van der Waals surface area contributed by atoms with Crippen LogP contribution in [0.15, 0.2) is 18.2 Å². The van der Waals surface area contributed by atoms with Crippen LogP contribution in [0.4, 0.5) is 10.5 Å². The Balaban J connectivity index is 1.88. The van der Waals surface area contributed by atoms with E-state index in [2.05, 4.69) is 10.2 Å². The van der Waals surface area contributed by atoms with E-state index in [9.17, 15) is 9.59 Å². The van der Waals surface area contributed by atoms with Gasteiger partial charge in [0.25, 0.3) is 5.91 Å². The summed E-state index contributed by atoms with van der Waals surface area (Å²) in [6.07, 6.45) is 4.32. The van der Waals surface area contributed by atoms with Crippen molar-refractivity contribution < 1.29 is 14.3 Å². The summed E-state index contributed by atoms with van der Waals surface area (Å²) >= 11 is 0. The molecule has 2 fully saturated rings. The van der Waals surface area contributed by atoms with Crippen LogP contribution in [-0.2, 0) is 21.5 Å². The fourth-order valence-corrected chi connectivity index (χ4v) is 5.03. The van der Waals surface area contributed by atoms with Crippen LogP contribution >= 0.6 is 0 Å². The molecule has 1 aromatic rings. The summed E-state index contributed by atoms with van der Waals surface area (Å²) in [4.78, 5) is 30.3. The van der Waals surface area contributed by atoms with Gasteiger partial charge in [0.1, 0.15) is 0 Å². The van der Waals surface area contributed by atoms with Crippen molar-refractivity contribution >= 4 is 17.6 Å². The minimum absolute atomic E-state index is 0.200. The van der Waals surface area contributed by atoms with E-state index < -0.39 is 5.54 Å². The van der Waals surface area contributed by atoms with Crippen LogP contribution in [0.2, 0.25) is 0 Å². The molecule has 2 aliphatic carbocycles. The first-order chi connectivity index (χ1) is 12.0. The van der Waals surface area contributed by atoms with Crippen molar-refractivity contribution in [2.75, 3.05) is 14.2 Å². The minimum Gasteiger partial charge on any atom is -0.381 e. The van der Waals surface area contributed by atoms with Gasteiger partial charge in [-0.3, -0.25) is 9.69 Å².